The van der Waals surface area contributed by atoms with Crippen molar-refractivity contribution >= 4 is 17.2 Å². The maximum absolute atomic E-state index is 11.9. The zero-order valence-electron chi connectivity index (χ0n) is 11.6. The molecule has 0 saturated heterocycles. The summed E-state index contributed by atoms with van der Waals surface area (Å²) in [5.74, 6) is 0.611. The quantitative estimate of drug-likeness (QED) is 0.812. The van der Waals surface area contributed by atoms with E-state index < -0.39 is 0 Å². The second kappa shape index (κ2) is 6.87. The average Bonchev–Trinajstić information content (AvgIpc) is 3.01. The Hall–Kier alpha value is -1.13. The van der Waals surface area contributed by atoms with E-state index in [0.717, 1.165) is 12.8 Å². The number of likely N-dealkylation sites (N-methyl/N-ethyl adjacent to an activating group) is 1. The van der Waals surface area contributed by atoms with Crippen LogP contribution in [0.2, 0.25) is 0 Å². The molecule has 0 bridgehead atoms. The largest absolute Gasteiger partial charge is 0.354 e. The number of allylic oxidation sites excluding steroid dienone is 2. The van der Waals surface area contributed by atoms with E-state index in [1.54, 1.807) is 11.3 Å². The van der Waals surface area contributed by atoms with Crippen LogP contribution in [0.3, 0.4) is 0 Å². The summed E-state index contributed by atoms with van der Waals surface area (Å²) in [5, 5.41) is 5.15. The van der Waals surface area contributed by atoms with Gasteiger partial charge in [-0.25, -0.2) is 0 Å². The molecule has 0 saturated carbocycles. The smallest absolute Gasteiger partial charge is 0.220 e. The lowest BCUT2D eigenvalue weighted by molar-refractivity contribution is -0.121. The summed E-state index contributed by atoms with van der Waals surface area (Å²) in [6.45, 7) is 0.683. The van der Waals surface area contributed by atoms with Gasteiger partial charge in [0.15, 0.2) is 0 Å². The molecule has 0 unspecified atom stereocenters. The van der Waals surface area contributed by atoms with Crippen LogP contribution in [0.15, 0.2) is 29.7 Å². The highest BCUT2D eigenvalue weighted by atomic mass is 32.1. The predicted molar refractivity (Wildman–Crippen MR) is 80.2 cm³/mol. The van der Waals surface area contributed by atoms with Gasteiger partial charge in [0, 0.05) is 17.8 Å². The summed E-state index contributed by atoms with van der Waals surface area (Å²) in [4.78, 5) is 15.4. The molecule has 104 valence electrons. The van der Waals surface area contributed by atoms with Crippen LogP contribution in [0, 0.1) is 5.92 Å². The fourth-order valence-electron chi connectivity index (χ4n) is 2.40. The van der Waals surface area contributed by atoms with Gasteiger partial charge in [0.25, 0.3) is 0 Å². The van der Waals surface area contributed by atoms with Crippen LogP contribution in [-0.4, -0.2) is 31.4 Å². The summed E-state index contributed by atoms with van der Waals surface area (Å²) in [7, 11) is 4.10. The number of hydrogen-bond donors (Lipinski definition) is 1. The highest BCUT2D eigenvalue weighted by Gasteiger charge is 2.18. The number of thiophene rings is 1. The summed E-state index contributed by atoms with van der Waals surface area (Å²) in [6, 6.07) is 4.45. The Labute approximate surface area is 119 Å². The molecule has 0 fully saturated rings. The van der Waals surface area contributed by atoms with Gasteiger partial charge < -0.3 is 10.2 Å². The molecular weight excluding hydrogens is 256 g/mol. The van der Waals surface area contributed by atoms with Crippen LogP contribution >= 0.6 is 11.3 Å². The Kier molecular flexibility index (Phi) is 5.16. The lowest BCUT2D eigenvalue weighted by Gasteiger charge is -2.23. The van der Waals surface area contributed by atoms with Crippen LogP contribution in [0.1, 0.15) is 30.2 Å². The number of rotatable bonds is 6. The highest BCUT2D eigenvalue weighted by Crippen LogP contribution is 2.23. The maximum Gasteiger partial charge on any atom is 0.220 e. The number of hydrogen-bond acceptors (Lipinski definition) is 3. The molecule has 1 aromatic rings. The van der Waals surface area contributed by atoms with Crippen LogP contribution in [0.5, 0.6) is 0 Å². The van der Waals surface area contributed by atoms with Crippen molar-refractivity contribution in [2.75, 3.05) is 20.6 Å². The topological polar surface area (TPSA) is 32.3 Å². The van der Waals surface area contributed by atoms with Crippen molar-refractivity contribution in [2.24, 2.45) is 5.92 Å². The van der Waals surface area contributed by atoms with Gasteiger partial charge >= 0.3 is 0 Å². The van der Waals surface area contributed by atoms with Gasteiger partial charge in [0.2, 0.25) is 5.91 Å². The first-order valence-corrected chi connectivity index (χ1v) is 7.68. The van der Waals surface area contributed by atoms with Crippen LogP contribution < -0.4 is 5.32 Å². The van der Waals surface area contributed by atoms with E-state index in [9.17, 15) is 4.79 Å². The number of carbonyl (C=O) groups is 1. The first kappa shape index (κ1) is 14.3. The molecule has 19 heavy (non-hydrogen) atoms. The SMILES string of the molecule is CN(C)[C@H](CNC(=O)C[C@H]1C=CCC1)c1cccs1. The van der Waals surface area contributed by atoms with Gasteiger partial charge in [0.1, 0.15) is 0 Å². The molecule has 4 heteroatoms. The van der Waals surface area contributed by atoms with Gasteiger partial charge in [-0.1, -0.05) is 18.2 Å². The third kappa shape index (κ3) is 4.18. The lowest BCUT2D eigenvalue weighted by Crippen LogP contribution is -2.34. The third-order valence-corrected chi connectivity index (χ3v) is 4.52. The summed E-state index contributed by atoms with van der Waals surface area (Å²) in [5.41, 5.74) is 0. The lowest BCUT2D eigenvalue weighted by atomic mass is 10.0. The predicted octanol–water partition coefficient (Wildman–Crippen LogP) is 2.82. The van der Waals surface area contributed by atoms with Gasteiger partial charge in [0.05, 0.1) is 6.04 Å². The summed E-state index contributed by atoms with van der Waals surface area (Å²) < 4.78 is 0. The van der Waals surface area contributed by atoms with E-state index in [2.05, 4.69) is 54.0 Å². The number of nitrogens with zero attached hydrogens (tertiary/aromatic N) is 1. The van der Waals surface area contributed by atoms with E-state index in [4.69, 9.17) is 0 Å². The molecule has 1 heterocycles. The molecule has 0 aromatic carbocycles. The van der Waals surface area contributed by atoms with Crippen molar-refractivity contribution in [1.29, 1.82) is 0 Å². The number of amides is 1. The first-order valence-electron chi connectivity index (χ1n) is 6.80. The zero-order valence-corrected chi connectivity index (χ0v) is 12.5. The van der Waals surface area contributed by atoms with Gasteiger partial charge in [-0.05, 0) is 44.3 Å². The number of carbonyl (C=O) groups excluding carboxylic acids is 1. The van der Waals surface area contributed by atoms with Gasteiger partial charge in [-0.3, -0.25) is 4.79 Å². The Morgan fingerprint density at radius 2 is 2.42 bits per heavy atom. The van der Waals surface area contributed by atoms with Gasteiger partial charge in [-0.15, -0.1) is 11.3 Å². The molecule has 1 aliphatic carbocycles. The fraction of sp³-hybridized carbons (Fsp3) is 0.533. The molecule has 1 amide bonds. The minimum absolute atomic E-state index is 0.167. The summed E-state index contributed by atoms with van der Waals surface area (Å²) >= 11 is 1.74. The molecule has 1 aromatic heterocycles. The van der Waals surface area contributed by atoms with E-state index in [-0.39, 0.29) is 11.9 Å². The second-order valence-electron chi connectivity index (χ2n) is 5.27. The van der Waals surface area contributed by atoms with E-state index in [0.29, 0.717) is 18.9 Å². The van der Waals surface area contributed by atoms with Gasteiger partial charge in [-0.2, -0.15) is 0 Å². The first-order chi connectivity index (χ1) is 9.16. The Balaban J connectivity index is 1.81. The zero-order chi connectivity index (χ0) is 13.7. The van der Waals surface area contributed by atoms with E-state index in [1.807, 2.05) is 0 Å². The van der Waals surface area contributed by atoms with Crippen molar-refractivity contribution < 1.29 is 4.79 Å². The maximum atomic E-state index is 11.9. The van der Waals surface area contributed by atoms with E-state index >= 15 is 0 Å². The standard InChI is InChI=1S/C15H22N2OS/c1-17(2)13(14-8-5-9-19-14)11-16-15(18)10-12-6-3-4-7-12/h3,5-6,8-9,12-13H,4,7,10-11H2,1-2H3,(H,16,18)/t12-,13+/m0/s1. The van der Waals surface area contributed by atoms with Crippen molar-refractivity contribution in [2.45, 2.75) is 25.3 Å². The Bertz CT molecular complexity index is 425. The van der Waals surface area contributed by atoms with Crippen molar-refractivity contribution in [3.63, 3.8) is 0 Å². The molecule has 3 nitrogen and oxygen atoms in total. The molecule has 0 spiro atoms. The fourth-order valence-corrected chi connectivity index (χ4v) is 3.33. The minimum Gasteiger partial charge on any atom is -0.354 e. The number of nitrogens with one attached hydrogen (secondary N) is 1. The second-order valence-corrected chi connectivity index (χ2v) is 6.25. The van der Waals surface area contributed by atoms with Crippen molar-refractivity contribution in [1.82, 2.24) is 10.2 Å². The molecule has 1 aliphatic rings. The molecule has 2 rings (SSSR count). The van der Waals surface area contributed by atoms with E-state index in [1.165, 1.54) is 4.88 Å². The summed E-state index contributed by atoms with van der Waals surface area (Å²) in [6.07, 6.45) is 7.21. The Morgan fingerprint density at radius 3 is 3.00 bits per heavy atom. The molecular formula is C15H22N2OS. The van der Waals surface area contributed by atoms with Crippen molar-refractivity contribution in [3.05, 3.63) is 34.5 Å². The molecule has 0 aliphatic heterocycles. The molecule has 2 atom stereocenters. The molecule has 1 N–H and O–H groups in total. The minimum atomic E-state index is 0.167. The van der Waals surface area contributed by atoms with Crippen LogP contribution in [-0.2, 0) is 4.79 Å². The third-order valence-electron chi connectivity index (χ3n) is 3.55. The molecule has 0 radical (unpaired) electrons. The normalized spacial score (nSPS) is 19.8. The highest BCUT2D eigenvalue weighted by molar-refractivity contribution is 7.10. The van der Waals surface area contributed by atoms with Crippen LogP contribution in [0.4, 0.5) is 0 Å². The monoisotopic (exact) mass is 278 g/mol. The average molecular weight is 278 g/mol. The van der Waals surface area contributed by atoms with Crippen LogP contribution in [0.25, 0.3) is 0 Å². The van der Waals surface area contributed by atoms with Crippen molar-refractivity contribution in [3.8, 4) is 0 Å². The Morgan fingerprint density at radius 1 is 1.58 bits per heavy atom.